The van der Waals surface area contributed by atoms with E-state index in [0.29, 0.717) is 18.7 Å². The van der Waals surface area contributed by atoms with Crippen molar-refractivity contribution in [3.8, 4) is 11.1 Å². The Labute approximate surface area is 192 Å². The number of nitrogens with zero attached hydrogens (tertiary/aromatic N) is 1. The van der Waals surface area contributed by atoms with Gasteiger partial charge >= 0.3 is 0 Å². The number of hydrogen-bond acceptors (Lipinski definition) is 4. The van der Waals surface area contributed by atoms with Gasteiger partial charge in [-0.2, -0.15) is 0 Å². The summed E-state index contributed by atoms with van der Waals surface area (Å²) in [5, 5.41) is 0. The van der Waals surface area contributed by atoms with E-state index in [4.69, 9.17) is 4.74 Å². The van der Waals surface area contributed by atoms with Gasteiger partial charge in [0.15, 0.2) is 0 Å². The molecule has 0 aromatic heterocycles. The van der Waals surface area contributed by atoms with Crippen molar-refractivity contribution < 1.29 is 39.9 Å². The zero-order valence-electron chi connectivity index (χ0n) is 17.9. The lowest BCUT2D eigenvalue weighted by Gasteiger charge is -2.33. The van der Waals surface area contributed by atoms with Crippen molar-refractivity contribution in [1.82, 2.24) is 9.62 Å². The number of halogens is 5. The maximum absolute atomic E-state index is 15.4. The zero-order valence-corrected chi connectivity index (χ0v) is 18.7. The molecule has 2 heterocycles. The number of ether oxygens (including phenoxy) is 1. The highest BCUT2D eigenvalue weighted by molar-refractivity contribution is 7.88. The number of carbonyl (C=O) groups excluding carboxylic acids is 1. The molecule has 1 N–H and O–H groups in total. The molecule has 12 heteroatoms. The van der Waals surface area contributed by atoms with Crippen LogP contribution in [0.25, 0.3) is 11.1 Å². The van der Waals surface area contributed by atoms with E-state index >= 15 is 4.39 Å². The average Bonchev–Trinajstić information content (AvgIpc) is 2.90. The molecule has 184 valence electrons. The highest BCUT2D eigenvalue weighted by atomic mass is 32.2. The van der Waals surface area contributed by atoms with Crippen LogP contribution in [0.2, 0.25) is 0 Å². The number of carbonyl (C=O) groups is 1. The molecule has 2 aromatic carbocycles. The molecule has 0 radical (unpaired) electrons. The molecular formula is C22H21F5N2O4S. The van der Waals surface area contributed by atoms with Gasteiger partial charge in [0.1, 0.15) is 29.6 Å². The second-order valence-corrected chi connectivity index (χ2v) is 10.2. The molecule has 0 bridgehead atoms. The second kappa shape index (κ2) is 8.90. The average molecular weight is 504 g/mol. The molecular weight excluding hydrogens is 483 g/mol. The molecule has 1 unspecified atom stereocenters. The Hall–Kier alpha value is -2.57. The van der Waals surface area contributed by atoms with Gasteiger partial charge in [-0.15, -0.1) is 0 Å². The second-order valence-electron chi connectivity index (χ2n) is 8.45. The molecule has 1 amide bonds. The first-order valence-electron chi connectivity index (χ1n) is 10.4. The Kier molecular flexibility index (Phi) is 6.42. The molecule has 0 saturated carbocycles. The zero-order chi connectivity index (χ0) is 24.8. The summed E-state index contributed by atoms with van der Waals surface area (Å²) >= 11 is 0. The fourth-order valence-corrected chi connectivity index (χ4v) is 5.07. The van der Waals surface area contributed by atoms with Gasteiger partial charge in [0, 0.05) is 18.1 Å². The van der Waals surface area contributed by atoms with Gasteiger partial charge < -0.3 is 9.64 Å². The van der Waals surface area contributed by atoms with Crippen molar-refractivity contribution in [3.63, 3.8) is 0 Å². The van der Waals surface area contributed by atoms with Gasteiger partial charge in [-0.3, -0.25) is 4.79 Å². The Balaban J connectivity index is 1.73. The smallest absolute Gasteiger partial charge is 0.283 e. The fraction of sp³-hybridized carbons (Fsp3) is 0.409. The molecule has 34 heavy (non-hydrogen) atoms. The van der Waals surface area contributed by atoms with Crippen LogP contribution in [-0.4, -0.2) is 62.7 Å². The van der Waals surface area contributed by atoms with E-state index in [9.17, 15) is 30.8 Å². The molecule has 2 aliphatic heterocycles. The lowest BCUT2D eigenvalue weighted by atomic mass is 9.95. The van der Waals surface area contributed by atoms with Crippen LogP contribution in [0.3, 0.4) is 0 Å². The normalized spacial score (nSPS) is 24.2. The number of alkyl halides is 2. The molecule has 0 aliphatic carbocycles. The van der Waals surface area contributed by atoms with Crippen LogP contribution in [-0.2, 0) is 26.0 Å². The molecule has 4 rings (SSSR count). The predicted octanol–water partition coefficient (Wildman–Crippen LogP) is 2.87. The van der Waals surface area contributed by atoms with Gasteiger partial charge in [0.05, 0.1) is 25.4 Å². The largest absolute Gasteiger partial charge is 0.368 e. The maximum atomic E-state index is 15.4. The molecule has 2 fully saturated rings. The Morgan fingerprint density at radius 1 is 1.18 bits per heavy atom. The van der Waals surface area contributed by atoms with E-state index in [0.717, 1.165) is 17.0 Å². The van der Waals surface area contributed by atoms with Crippen LogP contribution in [0.4, 0.5) is 22.0 Å². The third-order valence-corrected chi connectivity index (χ3v) is 6.58. The first-order chi connectivity index (χ1) is 15.9. The number of sulfonamides is 1. The van der Waals surface area contributed by atoms with Gasteiger partial charge in [0.25, 0.3) is 11.8 Å². The van der Waals surface area contributed by atoms with Crippen LogP contribution >= 0.6 is 0 Å². The number of nitrogens with one attached hydrogen (secondary N) is 1. The van der Waals surface area contributed by atoms with Crippen molar-refractivity contribution in [2.75, 3.05) is 19.4 Å². The third kappa shape index (κ3) is 4.93. The Morgan fingerprint density at radius 2 is 1.82 bits per heavy atom. The quantitative estimate of drug-likeness (QED) is 0.614. The first kappa shape index (κ1) is 24.6. The maximum Gasteiger partial charge on any atom is 0.283 e. The topological polar surface area (TPSA) is 75.7 Å². The summed E-state index contributed by atoms with van der Waals surface area (Å²) < 4.78 is 103. The summed E-state index contributed by atoms with van der Waals surface area (Å²) in [5.41, 5.74) is -0.402. The van der Waals surface area contributed by atoms with E-state index in [1.165, 1.54) is 18.2 Å². The Bertz CT molecular complexity index is 1200. The highest BCUT2D eigenvalue weighted by Gasteiger charge is 2.57. The number of rotatable bonds is 6. The number of amides is 1. The van der Waals surface area contributed by atoms with Gasteiger partial charge in [0.2, 0.25) is 10.0 Å². The lowest BCUT2D eigenvalue weighted by Crippen LogP contribution is -2.54. The van der Waals surface area contributed by atoms with Crippen LogP contribution in [0, 0.1) is 17.5 Å². The van der Waals surface area contributed by atoms with E-state index in [1.807, 2.05) is 4.72 Å². The van der Waals surface area contributed by atoms with Crippen molar-refractivity contribution in [1.29, 1.82) is 0 Å². The van der Waals surface area contributed by atoms with Crippen molar-refractivity contribution in [3.05, 3.63) is 59.4 Å². The third-order valence-electron chi connectivity index (χ3n) is 5.90. The van der Waals surface area contributed by atoms with Gasteiger partial charge in [-0.1, -0.05) is 18.2 Å². The summed E-state index contributed by atoms with van der Waals surface area (Å²) in [6.45, 7) is -0.781. The van der Waals surface area contributed by atoms with Crippen LogP contribution in [0.5, 0.6) is 0 Å². The van der Waals surface area contributed by atoms with Crippen molar-refractivity contribution in [2.45, 2.75) is 37.0 Å². The first-order valence-corrected chi connectivity index (χ1v) is 12.3. The summed E-state index contributed by atoms with van der Waals surface area (Å²) in [6, 6.07) is 2.96. The minimum absolute atomic E-state index is 0.102. The molecule has 6 nitrogen and oxygen atoms in total. The predicted molar refractivity (Wildman–Crippen MR) is 112 cm³/mol. The minimum Gasteiger partial charge on any atom is -0.368 e. The monoisotopic (exact) mass is 504 g/mol. The van der Waals surface area contributed by atoms with Crippen LogP contribution in [0.15, 0.2) is 36.4 Å². The Morgan fingerprint density at radius 3 is 2.38 bits per heavy atom. The fourth-order valence-electron chi connectivity index (χ4n) is 4.28. The van der Waals surface area contributed by atoms with Crippen molar-refractivity contribution in [2.24, 2.45) is 0 Å². The van der Waals surface area contributed by atoms with E-state index in [1.54, 1.807) is 0 Å². The van der Waals surface area contributed by atoms with Gasteiger partial charge in [-0.25, -0.2) is 35.1 Å². The SMILES string of the molecule is CS(=O)(=O)N[C@@H]1[C@H](Cc2cccc(-c3cc(F)cc(F)c3)c2F)N(C(=O)C2CCO2)CC1(F)F. The standard InChI is InChI=1S/C22H21F5N2O4S/c1-34(31,32)28-20-17(29(11-22(20,26)27)21(30)18-5-6-33-18)9-12-3-2-4-16(19(12)25)13-7-14(23)10-15(24)8-13/h2-4,7-8,10,17-18,20,28H,5-6,9,11H2,1H3/t17-,18?,20+/m0/s1. The number of hydrogen-bond donors (Lipinski definition) is 1. The molecule has 2 saturated heterocycles. The number of benzene rings is 2. The summed E-state index contributed by atoms with van der Waals surface area (Å²) in [5.74, 6) is -7.15. The summed E-state index contributed by atoms with van der Waals surface area (Å²) in [7, 11) is -4.11. The van der Waals surface area contributed by atoms with Crippen LogP contribution < -0.4 is 4.72 Å². The van der Waals surface area contributed by atoms with Gasteiger partial charge in [-0.05, 0) is 29.7 Å². The number of likely N-dealkylation sites (tertiary alicyclic amines) is 1. The van der Waals surface area contributed by atoms with E-state index in [2.05, 4.69) is 0 Å². The molecule has 0 spiro atoms. The lowest BCUT2D eigenvalue weighted by molar-refractivity contribution is -0.158. The molecule has 2 aliphatic rings. The van der Waals surface area contributed by atoms with E-state index < -0.39 is 70.5 Å². The summed E-state index contributed by atoms with van der Waals surface area (Å²) in [4.78, 5) is 13.6. The molecule has 2 aromatic rings. The van der Waals surface area contributed by atoms with E-state index in [-0.39, 0.29) is 23.3 Å². The van der Waals surface area contributed by atoms with Crippen LogP contribution in [0.1, 0.15) is 12.0 Å². The highest BCUT2D eigenvalue weighted by Crippen LogP contribution is 2.37. The van der Waals surface area contributed by atoms with Crippen molar-refractivity contribution >= 4 is 15.9 Å². The molecule has 3 atom stereocenters. The summed E-state index contributed by atoms with van der Waals surface area (Å²) in [6.07, 6.45) is -0.369. The minimum atomic E-state index is -4.11.